The van der Waals surface area contributed by atoms with E-state index < -0.39 is 18.0 Å². The van der Waals surface area contributed by atoms with E-state index in [0.717, 1.165) is 0 Å². The highest BCUT2D eigenvalue weighted by Gasteiger charge is 2.39. The quantitative estimate of drug-likeness (QED) is 0.412. The Labute approximate surface area is 176 Å². The van der Waals surface area contributed by atoms with Crippen LogP contribution in [-0.4, -0.2) is 68.3 Å². The maximum absolute atomic E-state index is 12.2. The van der Waals surface area contributed by atoms with Crippen LogP contribution in [0.25, 0.3) is 0 Å². The van der Waals surface area contributed by atoms with Crippen LogP contribution in [-0.2, 0) is 28.6 Å². The lowest BCUT2D eigenvalue weighted by molar-refractivity contribution is -0.119. The number of rotatable bonds is 9. The SMILES string of the molecule is C=C1NC(=O)C(C#CC(=O)NCCCC(=O)CC)=CN1[C@H]1C[C@@H](OC)[C@@H](COC)O1. The number of nitrogens with one attached hydrogen (secondary N) is 2. The predicted octanol–water partition coefficient (Wildman–Crippen LogP) is 0.429. The van der Waals surface area contributed by atoms with Crippen LogP contribution in [0.1, 0.15) is 32.6 Å². The highest BCUT2D eigenvalue weighted by Crippen LogP contribution is 2.29. The lowest BCUT2D eigenvalue weighted by Crippen LogP contribution is -2.43. The molecule has 2 rings (SSSR count). The monoisotopic (exact) mass is 419 g/mol. The molecule has 2 N–H and O–H groups in total. The van der Waals surface area contributed by atoms with Crippen LogP contribution < -0.4 is 10.6 Å². The first-order chi connectivity index (χ1) is 14.4. The molecule has 3 atom stereocenters. The van der Waals surface area contributed by atoms with Crippen molar-refractivity contribution in [3.63, 3.8) is 0 Å². The Morgan fingerprint density at radius 2 is 2.20 bits per heavy atom. The van der Waals surface area contributed by atoms with Gasteiger partial charge in [-0.3, -0.25) is 14.4 Å². The fourth-order valence-electron chi connectivity index (χ4n) is 3.15. The van der Waals surface area contributed by atoms with E-state index in [2.05, 4.69) is 29.1 Å². The normalized spacial score (nSPS) is 23.4. The van der Waals surface area contributed by atoms with E-state index in [-0.39, 0.29) is 23.6 Å². The number of hydrogen-bond donors (Lipinski definition) is 2. The Kier molecular flexibility index (Phi) is 9.05. The lowest BCUT2D eigenvalue weighted by Gasteiger charge is -2.32. The Morgan fingerprint density at radius 1 is 1.43 bits per heavy atom. The molecule has 0 saturated carbocycles. The van der Waals surface area contributed by atoms with Gasteiger partial charge < -0.3 is 29.7 Å². The third-order valence-corrected chi connectivity index (χ3v) is 4.83. The molecule has 9 nitrogen and oxygen atoms in total. The van der Waals surface area contributed by atoms with Crippen LogP contribution in [0.3, 0.4) is 0 Å². The predicted molar refractivity (Wildman–Crippen MR) is 108 cm³/mol. The number of carbonyl (C=O) groups is 3. The molecule has 0 radical (unpaired) electrons. The third-order valence-electron chi connectivity index (χ3n) is 4.83. The zero-order chi connectivity index (χ0) is 22.1. The average Bonchev–Trinajstić information content (AvgIpc) is 3.13. The Hall–Kier alpha value is -2.67. The molecule has 2 aliphatic heterocycles. The van der Waals surface area contributed by atoms with E-state index in [0.29, 0.717) is 44.7 Å². The van der Waals surface area contributed by atoms with Gasteiger partial charge in [-0.15, -0.1) is 0 Å². The molecule has 0 bridgehead atoms. The number of methoxy groups -OCH3 is 2. The van der Waals surface area contributed by atoms with Crippen molar-refractivity contribution in [2.75, 3.05) is 27.4 Å². The molecule has 30 heavy (non-hydrogen) atoms. The molecule has 0 spiro atoms. The van der Waals surface area contributed by atoms with Gasteiger partial charge in [0.15, 0.2) is 0 Å². The van der Waals surface area contributed by atoms with E-state index in [1.54, 1.807) is 26.0 Å². The van der Waals surface area contributed by atoms with Crippen LogP contribution in [0.2, 0.25) is 0 Å². The van der Waals surface area contributed by atoms with Gasteiger partial charge in [0.05, 0.1) is 12.7 Å². The first kappa shape index (κ1) is 23.6. The summed E-state index contributed by atoms with van der Waals surface area (Å²) in [6.07, 6.45) is 2.71. The Balaban J connectivity index is 2.00. The highest BCUT2D eigenvalue weighted by atomic mass is 16.6. The van der Waals surface area contributed by atoms with Crippen molar-refractivity contribution >= 4 is 17.6 Å². The molecule has 2 heterocycles. The summed E-state index contributed by atoms with van der Waals surface area (Å²) in [5.41, 5.74) is 0.117. The van der Waals surface area contributed by atoms with E-state index in [1.807, 2.05) is 0 Å². The summed E-state index contributed by atoms with van der Waals surface area (Å²) in [5, 5.41) is 5.25. The van der Waals surface area contributed by atoms with E-state index in [9.17, 15) is 14.4 Å². The van der Waals surface area contributed by atoms with Gasteiger partial charge in [0.25, 0.3) is 11.8 Å². The largest absolute Gasteiger partial charge is 0.382 e. The molecule has 0 unspecified atom stereocenters. The Bertz CT molecular complexity index is 766. The molecule has 1 fully saturated rings. The van der Waals surface area contributed by atoms with Crippen molar-refractivity contribution in [2.24, 2.45) is 0 Å². The number of ketones is 1. The molecule has 2 amide bonds. The number of nitrogens with zero attached hydrogens (tertiary/aromatic N) is 1. The van der Waals surface area contributed by atoms with Gasteiger partial charge in [0.2, 0.25) is 0 Å². The van der Waals surface area contributed by atoms with Crippen LogP contribution in [0.5, 0.6) is 0 Å². The zero-order valence-corrected chi connectivity index (χ0v) is 17.7. The van der Waals surface area contributed by atoms with Crippen molar-refractivity contribution in [3.8, 4) is 11.8 Å². The second kappa shape index (κ2) is 11.5. The van der Waals surface area contributed by atoms with E-state index >= 15 is 0 Å². The fourth-order valence-corrected chi connectivity index (χ4v) is 3.15. The molecule has 164 valence electrons. The van der Waals surface area contributed by atoms with Gasteiger partial charge in [0, 0.05) is 52.1 Å². The molecule has 9 heteroatoms. The van der Waals surface area contributed by atoms with Crippen LogP contribution in [0.15, 0.2) is 24.2 Å². The summed E-state index contributed by atoms with van der Waals surface area (Å²) in [6, 6.07) is 0. The minimum absolute atomic E-state index is 0.117. The van der Waals surface area contributed by atoms with E-state index in [1.165, 1.54) is 6.20 Å². The highest BCUT2D eigenvalue weighted by molar-refractivity contribution is 6.02. The molecule has 0 aromatic heterocycles. The first-order valence-electron chi connectivity index (χ1n) is 9.88. The number of Topliss-reactive ketones (excluding diaryl/α,β-unsaturated/α-hetero) is 1. The molecule has 0 aliphatic carbocycles. The summed E-state index contributed by atoms with van der Waals surface area (Å²) in [5.74, 6) is 4.54. The average molecular weight is 419 g/mol. The van der Waals surface area contributed by atoms with Gasteiger partial charge >= 0.3 is 0 Å². The summed E-state index contributed by atoms with van der Waals surface area (Å²) < 4.78 is 16.6. The number of hydrogen-bond acceptors (Lipinski definition) is 7. The van der Waals surface area contributed by atoms with Crippen molar-refractivity contribution in [1.82, 2.24) is 15.5 Å². The van der Waals surface area contributed by atoms with Crippen LogP contribution in [0.4, 0.5) is 0 Å². The van der Waals surface area contributed by atoms with Gasteiger partial charge in [-0.2, -0.15) is 0 Å². The van der Waals surface area contributed by atoms with Crippen molar-refractivity contribution in [3.05, 3.63) is 24.2 Å². The smallest absolute Gasteiger partial charge is 0.296 e. The fraction of sp³-hybridized carbons (Fsp3) is 0.571. The first-order valence-corrected chi connectivity index (χ1v) is 9.88. The maximum Gasteiger partial charge on any atom is 0.296 e. The van der Waals surface area contributed by atoms with Crippen LogP contribution >= 0.6 is 0 Å². The molecular weight excluding hydrogens is 390 g/mol. The molecular formula is C21H29N3O6. The second-order valence-electron chi connectivity index (χ2n) is 6.95. The minimum atomic E-state index is -0.514. The summed E-state index contributed by atoms with van der Waals surface area (Å²) in [4.78, 5) is 37.0. The van der Waals surface area contributed by atoms with Crippen molar-refractivity contribution < 1.29 is 28.6 Å². The minimum Gasteiger partial charge on any atom is -0.382 e. The van der Waals surface area contributed by atoms with Gasteiger partial charge in [-0.05, 0) is 12.3 Å². The number of carbonyl (C=O) groups excluding carboxylic acids is 3. The third kappa shape index (κ3) is 6.42. The summed E-state index contributed by atoms with van der Waals surface area (Å²) in [6.45, 7) is 6.39. The molecule has 0 aromatic rings. The van der Waals surface area contributed by atoms with E-state index in [4.69, 9.17) is 14.2 Å². The second-order valence-corrected chi connectivity index (χ2v) is 6.95. The molecule has 0 aromatic carbocycles. The van der Waals surface area contributed by atoms with Crippen LogP contribution in [0, 0.1) is 11.8 Å². The standard InChI is InChI=1S/C21H29N3O6/c1-5-16(25)7-6-10-22-19(26)9-8-15-12-24(14(2)23-21(15)27)20-11-17(29-4)18(30-20)13-28-3/h12,17-18,20H,2,5-7,10-11,13H2,1,3-4H3,(H,22,26)(H,23,27)/t17-,18-,20-/m1/s1. The molecule has 2 aliphatic rings. The Morgan fingerprint density at radius 3 is 2.87 bits per heavy atom. The van der Waals surface area contributed by atoms with Gasteiger partial charge in [-0.1, -0.05) is 13.5 Å². The van der Waals surface area contributed by atoms with Crippen molar-refractivity contribution in [2.45, 2.75) is 51.0 Å². The number of ether oxygens (including phenoxy) is 3. The molecule has 1 saturated heterocycles. The van der Waals surface area contributed by atoms with Gasteiger partial charge in [0.1, 0.15) is 29.5 Å². The van der Waals surface area contributed by atoms with Gasteiger partial charge in [-0.25, -0.2) is 0 Å². The maximum atomic E-state index is 12.2. The van der Waals surface area contributed by atoms with Crippen molar-refractivity contribution in [1.29, 1.82) is 0 Å². The number of amides is 2. The zero-order valence-electron chi connectivity index (χ0n) is 17.7. The summed E-state index contributed by atoms with van der Waals surface area (Å²) >= 11 is 0. The summed E-state index contributed by atoms with van der Waals surface area (Å²) in [7, 11) is 3.19. The lowest BCUT2D eigenvalue weighted by atomic mass is 10.1. The topological polar surface area (TPSA) is 106 Å².